The zero-order valence-corrected chi connectivity index (χ0v) is 15.9. The zero-order chi connectivity index (χ0) is 20.1. The van der Waals surface area contributed by atoms with Gasteiger partial charge in [0.1, 0.15) is 0 Å². The van der Waals surface area contributed by atoms with Crippen LogP contribution in [0.25, 0.3) is 5.69 Å². The molecule has 0 aliphatic heterocycles. The molecular formula is C21H21N3O4. The Balaban J connectivity index is 1.92. The molecule has 7 heteroatoms. The van der Waals surface area contributed by atoms with E-state index in [1.54, 1.807) is 44.6 Å². The molecule has 0 bridgehead atoms. The van der Waals surface area contributed by atoms with Crippen LogP contribution in [0.5, 0.6) is 5.75 Å². The summed E-state index contributed by atoms with van der Waals surface area (Å²) < 4.78 is 12.4. The maximum Gasteiger partial charge on any atom is 0.363 e. The smallest absolute Gasteiger partial charge is 0.363 e. The van der Waals surface area contributed by atoms with Crippen molar-refractivity contribution in [1.82, 2.24) is 14.7 Å². The Hall–Kier alpha value is -3.61. The Morgan fingerprint density at radius 2 is 1.61 bits per heavy atom. The summed E-state index contributed by atoms with van der Waals surface area (Å²) in [5, 5.41) is 4.29. The summed E-state index contributed by atoms with van der Waals surface area (Å²) >= 11 is 0. The number of para-hydroxylation sites is 1. The van der Waals surface area contributed by atoms with E-state index in [1.807, 2.05) is 36.4 Å². The maximum atomic E-state index is 12.8. The summed E-state index contributed by atoms with van der Waals surface area (Å²) in [6.45, 7) is 0. The van der Waals surface area contributed by atoms with Gasteiger partial charge in [0.25, 0.3) is 5.91 Å². The highest BCUT2D eigenvalue weighted by Crippen LogP contribution is 2.25. The minimum atomic E-state index is -1.07. The van der Waals surface area contributed by atoms with Crippen LogP contribution in [-0.2, 0) is 9.53 Å². The van der Waals surface area contributed by atoms with Crippen molar-refractivity contribution in [1.29, 1.82) is 0 Å². The Morgan fingerprint density at radius 3 is 2.18 bits per heavy atom. The van der Waals surface area contributed by atoms with Gasteiger partial charge in [0.05, 0.1) is 19.0 Å². The lowest BCUT2D eigenvalue weighted by Crippen LogP contribution is -2.31. The minimum absolute atomic E-state index is 0.00107. The van der Waals surface area contributed by atoms with E-state index in [0.29, 0.717) is 5.56 Å². The summed E-state index contributed by atoms with van der Waals surface area (Å²) in [4.78, 5) is 26.8. The molecule has 0 unspecified atom stereocenters. The summed E-state index contributed by atoms with van der Waals surface area (Å²) in [5.41, 5.74) is 1.35. The lowest BCUT2D eigenvalue weighted by Gasteiger charge is -2.20. The number of rotatable bonds is 6. The van der Waals surface area contributed by atoms with Gasteiger partial charge in [-0.25, -0.2) is 9.48 Å². The van der Waals surface area contributed by atoms with E-state index in [0.717, 1.165) is 5.69 Å². The molecule has 1 aromatic heterocycles. The molecule has 0 aliphatic carbocycles. The van der Waals surface area contributed by atoms with Gasteiger partial charge < -0.3 is 14.4 Å². The molecule has 0 N–H and O–H groups in total. The highest BCUT2D eigenvalue weighted by molar-refractivity contribution is 5.93. The highest BCUT2D eigenvalue weighted by Gasteiger charge is 2.29. The first-order valence-electron chi connectivity index (χ1n) is 8.67. The number of benzene rings is 2. The number of aromatic nitrogens is 2. The third-order valence-corrected chi connectivity index (χ3v) is 4.11. The Kier molecular flexibility index (Phi) is 5.74. The van der Waals surface area contributed by atoms with Gasteiger partial charge in [0.2, 0.25) is 11.8 Å². The molecule has 1 atom stereocenters. The molecule has 144 valence electrons. The van der Waals surface area contributed by atoms with Crippen LogP contribution in [0.4, 0.5) is 0 Å². The minimum Gasteiger partial charge on any atom is -0.493 e. The summed E-state index contributed by atoms with van der Waals surface area (Å²) in [6.07, 6.45) is 0.521. The Labute approximate surface area is 163 Å². The van der Waals surface area contributed by atoms with E-state index in [2.05, 4.69) is 5.10 Å². The van der Waals surface area contributed by atoms with Crippen LogP contribution in [0.2, 0.25) is 0 Å². The van der Waals surface area contributed by atoms with Crippen molar-refractivity contribution in [3.05, 3.63) is 78.1 Å². The fourth-order valence-electron chi connectivity index (χ4n) is 2.65. The number of esters is 1. The van der Waals surface area contributed by atoms with Crippen molar-refractivity contribution < 1.29 is 19.1 Å². The summed E-state index contributed by atoms with van der Waals surface area (Å²) in [7, 11) is 4.66. The van der Waals surface area contributed by atoms with Gasteiger partial charge in [-0.05, 0) is 12.1 Å². The van der Waals surface area contributed by atoms with E-state index in [4.69, 9.17) is 9.47 Å². The lowest BCUT2D eigenvalue weighted by molar-refractivity contribution is -0.138. The number of ether oxygens (including phenoxy) is 2. The van der Waals surface area contributed by atoms with Crippen molar-refractivity contribution in [3.63, 3.8) is 0 Å². The molecule has 2 aromatic carbocycles. The molecule has 28 heavy (non-hydrogen) atoms. The third-order valence-electron chi connectivity index (χ3n) is 4.11. The number of hydrogen-bond acceptors (Lipinski definition) is 5. The first kappa shape index (κ1) is 19.2. The standard InChI is InChI=1S/C21H21N3O4/c1-23(2)20(25)19(15-10-6-4-7-11-15)28-21(26)18-17(27-3)14-24(22-18)16-12-8-5-9-13-16/h4-14,19H,1-3H3/t19-/m1/s1. The highest BCUT2D eigenvalue weighted by atomic mass is 16.6. The van der Waals surface area contributed by atoms with Crippen molar-refractivity contribution in [2.24, 2.45) is 0 Å². The van der Waals surface area contributed by atoms with E-state index < -0.39 is 12.1 Å². The van der Waals surface area contributed by atoms with Crippen molar-refractivity contribution >= 4 is 11.9 Å². The van der Waals surface area contributed by atoms with E-state index in [9.17, 15) is 9.59 Å². The van der Waals surface area contributed by atoms with Crippen molar-refractivity contribution in [3.8, 4) is 11.4 Å². The zero-order valence-electron chi connectivity index (χ0n) is 15.9. The van der Waals surface area contributed by atoms with Gasteiger partial charge in [0.15, 0.2) is 5.75 Å². The topological polar surface area (TPSA) is 73.7 Å². The second kappa shape index (κ2) is 8.39. The van der Waals surface area contributed by atoms with Crippen LogP contribution in [0.1, 0.15) is 22.2 Å². The number of likely N-dealkylation sites (N-methyl/N-ethyl adjacent to an activating group) is 1. The van der Waals surface area contributed by atoms with Crippen LogP contribution in [0.15, 0.2) is 66.9 Å². The molecule has 3 rings (SSSR count). The van der Waals surface area contributed by atoms with Gasteiger partial charge in [-0.1, -0.05) is 48.5 Å². The average molecular weight is 379 g/mol. The van der Waals surface area contributed by atoms with Gasteiger partial charge in [-0.2, -0.15) is 5.10 Å². The van der Waals surface area contributed by atoms with Gasteiger partial charge >= 0.3 is 5.97 Å². The molecule has 3 aromatic rings. The number of amides is 1. The molecule has 7 nitrogen and oxygen atoms in total. The predicted molar refractivity (Wildman–Crippen MR) is 103 cm³/mol. The quantitative estimate of drug-likeness (QED) is 0.616. The van der Waals surface area contributed by atoms with Crippen LogP contribution in [-0.4, -0.2) is 47.8 Å². The number of hydrogen-bond donors (Lipinski definition) is 0. The maximum absolute atomic E-state index is 12.8. The predicted octanol–water partition coefficient (Wildman–Crippen LogP) is 2.87. The largest absolute Gasteiger partial charge is 0.493 e. The number of nitrogens with zero attached hydrogens (tertiary/aromatic N) is 3. The summed E-state index contributed by atoms with van der Waals surface area (Å²) in [6, 6.07) is 18.2. The van der Waals surface area contributed by atoms with Crippen molar-refractivity contribution in [2.75, 3.05) is 21.2 Å². The molecular weight excluding hydrogens is 358 g/mol. The van der Waals surface area contributed by atoms with Crippen LogP contribution >= 0.6 is 0 Å². The number of methoxy groups -OCH3 is 1. The molecule has 0 radical (unpaired) electrons. The molecule has 0 fully saturated rings. The Bertz CT molecular complexity index is 952. The first-order valence-corrected chi connectivity index (χ1v) is 8.67. The molecule has 0 saturated carbocycles. The molecule has 1 heterocycles. The molecule has 0 saturated heterocycles. The number of carbonyl (C=O) groups excluding carboxylic acids is 2. The fraction of sp³-hybridized carbons (Fsp3) is 0.190. The second-order valence-corrected chi connectivity index (χ2v) is 6.25. The average Bonchev–Trinajstić information content (AvgIpc) is 3.17. The number of carbonyl (C=O) groups is 2. The molecule has 1 amide bonds. The first-order chi connectivity index (χ1) is 13.5. The van der Waals surface area contributed by atoms with Crippen LogP contribution < -0.4 is 4.74 Å². The fourth-order valence-corrected chi connectivity index (χ4v) is 2.65. The monoisotopic (exact) mass is 379 g/mol. The van der Waals surface area contributed by atoms with Gasteiger partial charge in [-0.3, -0.25) is 4.79 Å². The van der Waals surface area contributed by atoms with Crippen LogP contribution in [0.3, 0.4) is 0 Å². The molecule has 0 spiro atoms. The van der Waals surface area contributed by atoms with Crippen molar-refractivity contribution in [2.45, 2.75) is 6.10 Å². The molecule has 0 aliphatic rings. The normalized spacial score (nSPS) is 11.5. The van der Waals surface area contributed by atoms with E-state index >= 15 is 0 Å². The summed E-state index contributed by atoms with van der Waals surface area (Å²) in [5.74, 6) is -0.824. The third kappa shape index (κ3) is 4.03. The second-order valence-electron chi connectivity index (χ2n) is 6.25. The van der Waals surface area contributed by atoms with E-state index in [-0.39, 0.29) is 17.4 Å². The Morgan fingerprint density at radius 1 is 1.00 bits per heavy atom. The van der Waals surface area contributed by atoms with E-state index in [1.165, 1.54) is 16.7 Å². The van der Waals surface area contributed by atoms with Crippen LogP contribution in [0, 0.1) is 0 Å². The van der Waals surface area contributed by atoms with Gasteiger partial charge in [-0.15, -0.1) is 0 Å². The lowest BCUT2D eigenvalue weighted by atomic mass is 10.1. The SMILES string of the molecule is COc1cn(-c2ccccc2)nc1C(=O)O[C@@H](C(=O)N(C)C)c1ccccc1. The van der Waals surface area contributed by atoms with Gasteiger partial charge in [0, 0.05) is 19.7 Å².